The molecule has 1 N–H and O–H groups in total. The number of hydrogen-bond donors (Lipinski definition) is 1. The van der Waals surface area contributed by atoms with Crippen LogP contribution in [0.3, 0.4) is 0 Å². The molecule has 2 unspecified atom stereocenters. The van der Waals surface area contributed by atoms with Gasteiger partial charge < -0.3 is 10.1 Å². The summed E-state index contributed by atoms with van der Waals surface area (Å²) in [6.07, 6.45) is 5.12. The molecule has 21 heavy (non-hydrogen) atoms. The van der Waals surface area contributed by atoms with Crippen LogP contribution in [0.1, 0.15) is 76.5 Å². The topological polar surface area (TPSA) is 21.3 Å². The molecule has 0 aromatic heterocycles. The Labute approximate surface area is 130 Å². The third kappa shape index (κ3) is 3.67. The average Bonchev–Trinajstić information content (AvgIpc) is 2.44. The molecule has 1 aliphatic rings. The van der Waals surface area contributed by atoms with Crippen LogP contribution < -0.4 is 5.32 Å². The molecule has 0 saturated heterocycles. The third-order valence-corrected chi connectivity index (χ3v) is 5.04. The largest absolute Gasteiger partial charge is 0.374 e. The Morgan fingerprint density at radius 2 is 1.86 bits per heavy atom. The molecule has 2 atom stereocenters. The normalized spacial score (nSPS) is 19.8. The van der Waals surface area contributed by atoms with Crippen LogP contribution in [-0.4, -0.2) is 18.8 Å². The zero-order valence-electron chi connectivity index (χ0n) is 14.1. The van der Waals surface area contributed by atoms with Gasteiger partial charge in [-0.2, -0.15) is 0 Å². The van der Waals surface area contributed by atoms with E-state index in [9.17, 15) is 0 Å². The van der Waals surface area contributed by atoms with Crippen molar-refractivity contribution in [3.63, 3.8) is 0 Å². The van der Waals surface area contributed by atoms with Gasteiger partial charge in [-0.05, 0) is 56.7 Å². The standard InChI is InChI=1S/C19H31NO/c1-5-19(4,21-7-3)18(20-6-2)17-13-11-16(12-14-17)15-9-8-10-15/h11-15,18,20H,5-10H2,1-4H3. The highest BCUT2D eigenvalue weighted by atomic mass is 16.5. The molecule has 0 radical (unpaired) electrons. The van der Waals surface area contributed by atoms with E-state index in [4.69, 9.17) is 4.74 Å². The van der Waals surface area contributed by atoms with Crippen LogP contribution in [0.2, 0.25) is 0 Å². The molecule has 2 nitrogen and oxygen atoms in total. The van der Waals surface area contributed by atoms with E-state index in [-0.39, 0.29) is 11.6 Å². The zero-order chi connectivity index (χ0) is 15.3. The fourth-order valence-electron chi connectivity index (χ4n) is 3.31. The molecule has 2 heteroatoms. The fraction of sp³-hybridized carbons (Fsp3) is 0.684. The summed E-state index contributed by atoms with van der Waals surface area (Å²) in [5, 5.41) is 3.63. The Hall–Kier alpha value is -0.860. The number of nitrogens with one attached hydrogen (secondary N) is 1. The molecule has 1 aromatic rings. The van der Waals surface area contributed by atoms with Crippen molar-refractivity contribution in [3.05, 3.63) is 35.4 Å². The van der Waals surface area contributed by atoms with Crippen molar-refractivity contribution in [1.82, 2.24) is 5.32 Å². The average molecular weight is 289 g/mol. The smallest absolute Gasteiger partial charge is 0.0845 e. The van der Waals surface area contributed by atoms with Crippen LogP contribution in [0.5, 0.6) is 0 Å². The lowest BCUT2D eigenvalue weighted by Crippen LogP contribution is -2.43. The van der Waals surface area contributed by atoms with Crippen LogP contribution in [-0.2, 0) is 4.74 Å². The maximum Gasteiger partial charge on any atom is 0.0845 e. The van der Waals surface area contributed by atoms with Gasteiger partial charge in [0.1, 0.15) is 0 Å². The summed E-state index contributed by atoms with van der Waals surface area (Å²) in [7, 11) is 0. The van der Waals surface area contributed by atoms with E-state index in [2.05, 4.69) is 57.3 Å². The quantitative estimate of drug-likeness (QED) is 0.741. The van der Waals surface area contributed by atoms with Crippen molar-refractivity contribution in [2.24, 2.45) is 0 Å². The second-order valence-corrected chi connectivity index (χ2v) is 6.38. The lowest BCUT2D eigenvalue weighted by atomic mass is 9.79. The van der Waals surface area contributed by atoms with Crippen molar-refractivity contribution in [2.45, 2.75) is 70.9 Å². The summed E-state index contributed by atoms with van der Waals surface area (Å²) < 4.78 is 6.10. The monoisotopic (exact) mass is 289 g/mol. The van der Waals surface area contributed by atoms with Gasteiger partial charge in [-0.25, -0.2) is 0 Å². The molecular weight excluding hydrogens is 258 g/mol. The van der Waals surface area contributed by atoms with E-state index in [0.717, 1.165) is 25.5 Å². The fourth-order valence-corrected chi connectivity index (χ4v) is 3.31. The summed E-state index contributed by atoms with van der Waals surface area (Å²) in [5.41, 5.74) is 2.70. The second kappa shape index (κ2) is 7.42. The van der Waals surface area contributed by atoms with E-state index in [0.29, 0.717) is 0 Å². The molecule has 0 spiro atoms. The number of benzene rings is 1. The van der Waals surface area contributed by atoms with Crippen LogP contribution >= 0.6 is 0 Å². The first kappa shape index (κ1) is 16.5. The van der Waals surface area contributed by atoms with E-state index in [1.54, 1.807) is 0 Å². The number of ether oxygens (including phenoxy) is 1. The Kier molecular flexibility index (Phi) is 5.83. The summed E-state index contributed by atoms with van der Waals surface area (Å²) in [6.45, 7) is 10.4. The van der Waals surface area contributed by atoms with Crippen molar-refractivity contribution in [2.75, 3.05) is 13.2 Å². The Bertz CT molecular complexity index is 424. The van der Waals surface area contributed by atoms with Crippen molar-refractivity contribution in [1.29, 1.82) is 0 Å². The molecule has 1 fully saturated rings. The van der Waals surface area contributed by atoms with E-state index >= 15 is 0 Å². The molecule has 0 aliphatic heterocycles. The van der Waals surface area contributed by atoms with Gasteiger partial charge in [0.25, 0.3) is 0 Å². The van der Waals surface area contributed by atoms with E-state index in [1.165, 1.54) is 30.4 Å². The number of rotatable bonds is 8. The molecule has 0 amide bonds. The summed E-state index contributed by atoms with van der Waals surface area (Å²) in [5.74, 6) is 0.807. The van der Waals surface area contributed by atoms with Crippen LogP contribution in [0.4, 0.5) is 0 Å². The maximum absolute atomic E-state index is 6.10. The van der Waals surface area contributed by atoms with Crippen LogP contribution in [0.25, 0.3) is 0 Å². The van der Waals surface area contributed by atoms with Gasteiger partial charge in [0.05, 0.1) is 11.6 Å². The van der Waals surface area contributed by atoms with Crippen molar-refractivity contribution in [3.8, 4) is 0 Å². The molecule has 0 bridgehead atoms. The van der Waals surface area contributed by atoms with E-state index < -0.39 is 0 Å². The highest BCUT2D eigenvalue weighted by Crippen LogP contribution is 2.38. The molecule has 0 heterocycles. The van der Waals surface area contributed by atoms with Gasteiger partial charge in [0, 0.05) is 6.61 Å². The SMILES string of the molecule is CCNC(c1ccc(C2CCC2)cc1)C(C)(CC)OCC. The highest BCUT2D eigenvalue weighted by molar-refractivity contribution is 5.30. The van der Waals surface area contributed by atoms with Gasteiger partial charge >= 0.3 is 0 Å². The van der Waals surface area contributed by atoms with Gasteiger partial charge in [0.2, 0.25) is 0 Å². The van der Waals surface area contributed by atoms with Crippen LogP contribution in [0.15, 0.2) is 24.3 Å². The van der Waals surface area contributed by atoms with Gasteiger partial charge in [-0.15, -0.1) is 0 Å². The predicted octanol–water partition coefficient (Wildman–Crippen LogP) is 4.81. The Morgan fingerprint density at radius 1 is 1.19 bits per heavy atom. The molecule has 1 aromatic carbocycles. The zero-order valence-corrected chi connectivity index (χ0v) is 14.1. The van der Waals surface area contributed by atoms with Crippen LogP contribution in [0, 0.1) is 0 Å². The summed E-state index contributed by atoms with van der Waals surface area (Å²) in [6, 6.07) is 9.50. The minimum Gasteiger partial charge on any atom is -0.374 e. The Morgan fingerprint density at radius 3 is 2.29 bits per heavy atom. The Balaban J connectivity index is 2.20. The van der Waals surface area contributed by atoms with E-state index in [1.807, 2.05) is 0 Å². The molecule has 1 saturated carbocycles. The molecule has 1 aliphatic carbocycles. The third-order valence-electron chi connectivity index (χ3n) is 5.04. The first-order valence-electron chi connectivity index (χ1n) is 8.61. The lowest BCUT2D eigenvalue weighted by molar-refractivity contribution is -0.0560. The summed E-state index contributed by atoms with van der Waals surface area (Å²) >= 11 is 0. The van der Waals surface area contributed by atoms with Gasteiger partial charge in [-0.1, -0.05) is 44.5 Å². The van der Waals surface area contributed by atoms with Crippen molar-refractivity contribution < 1.29 is 4.74 Å². The van der Waals surface area contributed by atoms with Gasteiger partial charge in [0.15, 0.2) is 0 Å². The summed E-state index contributed by atoms with van der Waals surface area (Å²) in [4.78, 5) is 0. The van der Waals surface area contributed by atoms with Gasteiger partial charge in [-0.3, -0.25) is 0 Å². The number of likely N-dealkylation sites (N-methyl/N-ethyl adjacent to an activating group) is 1. The maximum atomic E-state index is 6.10. The molecular formula is C19H31NO. The minimum absolute atomic E-state index is 0.150. The first-order valence-corrected chi connectivity index (χ1v) is 8.61. The minimum atomic E-state index is -0.150. The lowest BCUT2D eigenvalue weighted by Gasteiger charge is -2.38. The molecule has 2 rings (SSSR count). The number of hydrogen-bond acceptors (Lipinski definition) is 2. The van der Waals surface area contributed by atoms with Crippen molar-refractivity contribution >= 4 is 0 Å². The second-order valence-electron chi connectivity index (χ2n) is 6.38. The molecule has 118 valence electrons. The first-order chi connectivity index (χ1) is 10.1. The highest BCUT2D eigenvalue weighted by Gasteiger charge is 2.34. The predicted molar refractivity (Wildman–Crippen MR) is 89.8 cm³/mol.